The number of halogens is 2. The molecule has 1 aromatic carbocycles. The first-order valence-corrected chi connectivity index (χ1v) is 7.00. The lowest BCUT2D eigenvalue weighted by atomic mass is 10.0. The molecule has 0 aliphatic carbocycles. The smallest absolute Gasteiger partial charge is 0.147 e. The molecule has 1 heterocycles. The molecule has 1 saturated heterocycles. The zero-order chi connectivity index (χ0) is 13.0. The van der Waals surface area contributed by atoms with Crippen molar-refractivity contribution in [3.05, 3.63) is 29.0 Å². The maximum absolute atomic E-state index is 13.6. The van der Waals surface area contributed by atoms with Gasteiger partial charge in [-0.15, -0.1) is 0 Å². The topological polar surface area (TPSA) is 15.3 Å². The molecule has 0 amide bonds. The Labute approximate surface area is 113 Å². The SMILES string of the molecule is CCCN1CCC(Nc2ccc(Cl)cc2F)CC1. The van der Waals surface area contributed by atoms with Gasteiger partial charge in [0.1, 0.15) is 5.82 Å². The van der Waals surface area contributed by atoms with Crippen molar-refractivity contribution in [2.45, 2.75) is 32.2 Å². The third-order valence-corrected chi connectivity index (χ3v) is 3.65. The second kappa shape index (κ2) is 6.39. The molecule has 1 aliphatic heterocycles. The van der Waals surface area contributed by atoms with E-state index in [1.807, 2.05) is 0 Å². The number of anilines is 1. The molecule has 1 aromatic rings. The van der Waals surface area contributed by atoms with Crippen LogP contribution in [0.2, 0.25) is 5.02 Å². The van der Waals surface area contributed by atoms with Crippen LogP contribution in [0.5, 0.6) is 0 Å². The van der Waals surface area contributed by atoms with Crippen molar-refractivity contribution in [2.24, 2.45) is 0 Å². The fraction of sp³-hybridized carbons (Fsp3) is 0.571. The molecule has 2 rings (SSSR count). The van der Waals surface area contributed by atoms with E-state index in [9.17, 15) is 4.39 Å². The molecule has 0 atom stereocenters. The molecule has 0 aromatic heterocycles. The standard InChI is InChI=1S/C14H20ClFN2/c1-2-7-18-8-5-12(6-9-18)17-14-4-3-11(15)10-13(14)16/h3-4,10,12,17H,2,5-9H2,1H3. The Bertz CT molecular complexity index is 389. The molecule has 0 unspecified atom stereocenters. The second-order valence-corrected chi connectivity index (χ2v) is 5.32. The van der Waals surface area contributed by atoms with Crippen LogP contribution in [0.4, 0.5) is 10.1 Å². The van der Waals surface area contributed by atoms with E-state index in [1.54, 1.807) is 12.1 Å². The van der Waals surface area contributed by atoms with Gasteiger partial charge in [0.2, 0.25) is 0 Å². The number of likely N-dealkylation sites (tertiary alicyclic amines) is 1. The Hall–Kier alpha value is -0.800. The zero-order valence-corrected chi connectivity index (χ0v) is 11.5. The van der Waals surface area contributed by atoms with Gasteiger partial charge < -0.3 is 10.2 Å². The zero-order valence-electron chi connectivity index (χ0n) is 10.8. The Morgan fingerprint density at radius 2 is 2.11 bits per heavy atom. The lowest BCUT2D eigenvalue weighted by Crippen LogP contribution is -2.39. The molecule has 0 saturated carbocycles. The van der Waals surface area contributed by atoms with E-state index in [2.05, 4.69) is 17.1 Å². The molecule has 0 spiro atoms. The summed E-state index contributed by atoms with van der Waals surface area (Å²) in [5.41, 5.74) is 0.563. The first-order chi connectivity index (χ1) is 8.69. The number of benzene rings is 1. The Morgan fingerprint density at radius 1 is 1.39 bits per heavy atom. The molecule has 0 radical (unpaired) electrons. The van der Waals surface area contributed by atoms with E-state index in [4.69, 9.17) is 11.6 Å². The van der Waals surface area contributed by atoms with Crippen molar-refractivity contribution in [1.82, 2.24) is 4.90 Å². The van der Waals surface area contributed by atoms with Gasteiger partial charge >= 0.3 is 0 Å². The van der Waals surface area contributed by atoms with Gasteiger partial charge in [-0.3, -0.25) is 0 Å². The van der Waals surface area contributed by atoms with E-state index in [-0.39, 0.29) is 5.82 Å². The summed E-state index contributed by atoms with van der Waals surface area (Å²) in [6.45, 7) is 5.57. The maximum Gasteiger partial charge on any atom is 0.147 e. The highest BCUT2D eigenvalue weighted by atomic mass is 35.5. The summed E-state index contributed by atoms with van der Waals surface area (Å²) in [6.07, 6.45) is 3.34. The molecular weight excluding hydrogens is 251 g/mol. The summed E-state index contributed by atoms with van der Waals surface area (Å²) in [6, 6.07) is 5.17. The molecule has 2 nitrogen and oxygen atoms in total. The average molecular weight is 271 g/mol. The molecule has 0 bridgehead atoms. The third kappa shape index (κ3) is 3.59. The van der Waals surface area contributed by atoms with Gasteiger partial charge in [-0.05, 0) is 44.0 Å². The lowest BCUT2D eigenvalue weighted by Gasteiger charge is -2.32. The number of hydrogen-bond donors (Lipinski definition) is 1. The van der Waals surface area contributed by atoms with Gasteiger partial charge in [-0.1, -0.05) is 18.5 Å². The van der Waals surface area contributed by atoms with Crippen molar-refractivity contribution in [1.29, 1.82) is 0 Å². The lowest BCUT2D eigenvalue weighted by molar-refractivity contribution is 0.219. The quantitative estimate of drug-likeness (QED) is 0.896. The van der Waals surface area contributed by atoms with E-state index in [0.717, 1.165) is 25.9 Å². The van der Waals surface area contributed by atoms with Gasteiger partial charge in [0.25, 0.3) is 0 Å². The molecule has 18 heavy (non-hydrogen) atoms. The summed E-state index contributed by atoms with van der Waals surface area (Å²) in [5.74, 6) is -0.265. The number of hydrogen-bond acceptors (Lipinski definition) is 2. The molecule has 1 fully saturated rings. The molecule has 1 aliphatic rings. The summed E-state index contributed by atoms with van der Waals surface area (Å²) in [5, 5.41) is 3.72. The van der Waals surface area contributed by atoms with E-state index >= 15 is 0 Å². The van der Waals surface area contributed by atoms with Crippen molar-refractivity contribution < 1.29 is 4.39 Å². The van der Waals surface area contributed by atoms with Crippen molar-refractivity contribution >= 4 is 17.3 Å². The van der Waals surface area contributed by atoms with E-state index < -0.39 is 0 Å². The average Bonchev–Trinajstić information content (AvgIpc) is 2.35. The van der Waals surface area contributed by atoms with Crippen LogP contribution in [0.25, 0.3) is 0 Å². The molecular formula is C14H20ClFN2. The van der Waals surface area contributed by atoms with Crippen molar-refractivity contribution in [3.63, 3.8) is 0 Å². The minimum absolute atomic E-state index is 0.265. The van der Waals surface area contributed by atoms with Crippen LogP contribution in [0.15, 0.2) is 18.2 Å². The highest BCUT2D eigenvalue weighted by molar-refractivity contribution is 6.30. The number of rotatable bonds is 4. The number of piperidine rings is 1. The Kier molecular flexibility index (Phi) is 4.84. The summed E-state index contributed by atoms with van der Waals surface area (Å²) in [4.78, 5) is 2.47. The molecule has 100 valence electrons. The normalized spacial score (nSPS) is 17.9. The van der Waals surface area contributed by atoms with Crippen LogP contribution >= 0.6 is 11.6 Å². The first kappa shape index (κ1) is 13.6. The predicted octanol–water partition coefficient (Wildman–Crippen LogP) is 3.77. The minimum Gasteiger partial charge on any atom is -0.380 e. The monoisotopic (exact) mass is 270 g/mol. The fourth-order valence-electron chi connectivity index (χ4n) is 2.44. The van der Waals surface area contributed by atoms with Crippen molar-refractivity contribution in [3.8, 4) is 0 Å². The third-order valence-electron chi connectivity index (χ3n) is 3.42. The highest BCUT2D eigenvalue weighted by Gasteiger charge is 2.19. The van der Waals surface area contributed by atoms with E-state index in [1.165, 1.54) is 19.0 Å². The van der Waals surface area contributed by atoms with E-state index in [0.29, 0.717) is 16.8 Å². The van der Waals surface area contributed by atoms with Crippen LogP contribution in [-0.2, 0) is 0 Å². The van der Waals surface area contributed by atoms with Gasteiger partial charge in [-0.25, -0.2) is 4.39 Å². The van der Waals surface area contributed by atoms with Crippen LogP contribution < -0.4 is 5.32 Å². The van der Waals surface area contributed by atoms with Crippen molar-refractivity contribution in [2.75, 3.05) is 25.0 Å². The van der Waals surface area contributed by atoms with Gasteiger partial charge in [-0.2, -0.15) is 0 Å². The highest BCUT2D eigenvalue weighted by Crippen LogP contribution is 2.22. The Morgan fingerprint density at radius 3 is 2.72 bits per heavy atom. The van der Waals surface area contributed by atoms with Crippen LogP contribution in [0, 0.1) is 5.82 Å². The number of nitrogens with zero attached hydrogens (tertiary/aromatic N) is 1. The largest absolute Gasteiger partial charge is 0.380 e. The molecule has 4 heteroatoms. The van der Waals surface area contributed by atoms with Crippen LogP contribution in [0.3, 0.4) is 0 Å². The van der Waals surface area contributed by atoms with Crippen LogP contribution in [-0.4, -0.2) is 30.6 Å². The summed E-state index contributed by atoms with van der Waals surface area (Å²) < 4.78 is 13.6. The first-order valence-electron chi connectivity index (χ1n) is 6.63. The maximum atomic E-state index is 13.6. The Balaban J connectivity index is 1.87. The summed E-state index contributed by atoms with van der Waals surface area (Å²) >= 11 is 5.74. The predicted molar refractivity (Wildman–Crippen MR) is 74.8 cm³/mol. The minimum atomic E-state index is -0.265. The summed E-state index contributed by atoms with van der Waals surface area (Å²) in [7, 11) is 0. The van der Waals surface area contributed by atoms with Gasteiger partial charge in [0.15, 0.2) is 0 Å². The number of nitrogens with one attached hydrogen (secondary N) is 1. The van der Waals surface area contributed by atoms with Gasteiger partial charge in [0.05, 0.1) is 5.69 Å². The fourth-order valence-corrected chi connectivity index (χ4v) is 2.60. The second-order valence-electron chi connectivity index (χ2n) is 4.88. The van der Waals surface area contributed by atoms with Crippen LogP contribution in [0.1, 0.15) is 26.2 Å². The molecule has 1 N–H and O–H groups in total. The van der Waals surface area contributed by atoms with Gasteiger partial charge in [0, 0.05) is 24.2 Å².